The Morgan fingerprint density at radius 2 is 1.35 bits per heavy atom. The fourth-order valence-corrected chi connectivity index (χ4v) is 3.03. The summed E-state index contributed by atoms with van der Waals surface area (Å²) >= 11 is 0. The molecule has 130 valence electrons. The maximum Gasteiger partial charge on any atom is 0.229 e. The van der Waals surface area contributed by atoms with Gasteiger partial charge in [-0.1, -0.05) is 35.4 Å². The zero-order valence-corrected chi connectivity index (χ0v) is 15.4. The van der Waals surface area contributed by atoms with Gasteiger partial charge in [0.15, 0.2) is 5.65 Å². The van der Waals surface area contributed by atoms with Crippen molar-refractivity contribution in [3.63, 3.8) is 0 Å². The Hall–Kier alpha value is -3.21. The topological polar surface area (TPSA) is 55.6 Å². The van der Waals surface area contributed by atoms with Crippen LogP contribution in [-0.4, -0.2) is 19.5 Å². The van der Waals surface area contributed by atoms with Gasteiger partial charge in [-0.25, -0.2) is 9.97 Å². The summed E-state index contributed by atoms with van der Waals surface area (Å²) in [6.45, 7) is 8.11. The Bertz CT molecular complexity index is 1080. The van der Waals surface area contributed by atoms with Crippen LogP contribution in [0.4, 0.5) is 11.6 Å². The van der Waals surface area contributed by atoms with E-state index in [2.05, 4.69) is 70.1 Å². The first-order valence-electron chi connectivity index (χ1n) is 8.66. The molecule has 0 aliphatic rings. The molecule has 2 aromatic carbocycles. The number of fused-ring (bicyclic) bond motifs is 1. The zero-order valence-electron chi connectivity index (χ0n) is 15.4. The summed E-state index contributed by atoms with van der Waals surface area (Å²) in [7, 11) is 0. The normalized spacial score (nSPS) is 11.1. The van der Waals surface area contributed by atoms with Crippen LogP contribution in [0.15, 0.2) is 48.5 Å². The Kier molecular flexibility index (Phi) is 3.92. The van der Waals surface area contributed by atoms with Crippen LogP contribution in [0.5, 0.6) is 0 Å². The van der Waals surface area contributed by atoms with E-state index in [4.69, 9.17) is 4.98 Å². The van der Waals surface area contributed by atoms with Crippen molar-refractivity contribution in [2.24, 2.45) is 0 Å². The van der Waals surface area contributed by atoms with Gasteiger partial charge in [0.25, 0.3) is 0 Å². The van der Waals surface area contributed by atoms with Crippen LogP contribution >= 0.6 is 0 Å². The molecular weight excluding hydrogens is 322 g/mol. The van der Waals surface area contributed by atoms with Gasteiger partial charge >= 0.3 is 0 Å². The summed E-state index contributed by atoms with van der Waals surface area (Å²) < 4.78 is 2.07. The molecule has 0 amide bonds. The van der Waals surface area contributed by atoms with E-state index in [1.54, 1.807) is 0 Å². The van der Waals surface area contributed by atoms with Crippen molar-refractivity contribution in [1.29, 1.82) is 0 Å². The second kappa shape index (κ2) is 6.26. The van der Waals surface area contributed by atoms with Crippen LogP contribution in [0.1, 0.15) is 22.6 Å². The molecule has 2 heterocycles. The lowest BCUT2D eigenvalue weighted by atomic mass is 10.2. The van der Waals surface area contributed by atoms with Crippen molar-refractivity contribution in [2.45, 2.75) is 27.7 Å². The van der Waals surface area contributed by atoms with E-state index in [-0.39, 0.29) is 0 Å². The first-order valence-corrected chi connectivity index (χ1v) is 8.66. The number of aryl methyl sites for hydroxylation is 4. The molecule has 5 nitrogen and oxygen atoms in total. The minimum atomic E-state index is 0.576. The summed E-state index contributed by atoms with van der Waals surface area (Å²) in [4.78, 5) is 14.0. The Morgan fingerprint density at radius 3 is 2.00 bits per heavy atom. The summed E-state index contributed by atoms with van der Waals surface area (Å²) in [6, 6.07) is 16.6. The molecule has 0 fully saturated rings. The first kappa shape index (κ1) is 16.3. The lowest BCUT2D eigenvalue weighted by molar-refractivity contribution is 0.984. The van der Waals surface area contributed by atoms with Crippen molar-refractivity contribution < 1.29 is 0 Å². The average molecular weight is 343 g/mol. The van der Waals surface area contributed by atoms with E-state index < -0.39 is 0 Å². The first-order chi connectivity index (χ1) is 12.5. The van der Waals surface area contributed by atoms with Gasteiger partial charge in [-0.3, -0.25) is 4.57 Å². The molecule has 0 aliphatic heterocycles. The Balaban J connectivity index is 1.83. The Morgan fingerprint density at radius 1 is 0.731 bits per heavy atom. The molecule has 1 N–H and O–H groups in total. The van der Waals surface area contributed by atoms with Crippen LogP contribution in [0.25, 0.3) is 16.9 Å². The van der Waals surface area contributed by atoms with Gasteiger partial charge in [-0.2, -0.15) is 4.98 Å². The van der Waals surface area contributed by atoms with Gasteiger partial charge < -0.3 is 5.32 Å². The molecule has 4 rings (SSSR count). The highest BCUT2D eigenvalue weighted by Crippen LogP contribution is 2.24. The van der Waals surface area contributed by atoms with Crippen LogP contribution in [0.2, 0.25) is 0 Å². The SMILES string of the molecule is Cc1ccc(Nc2nc(C)c3nc(C)n(-c4ccc(C)cc4)c3n2)cc1. The number of imidazole rings is 1. The highest BCUT2D eigenvalue weighted by molar-refractivity contribution is 5.78. The second-order valence-electron chi connectivity index (χ2n) is 6.63. The van der Waals surface area contributed by atoms with E-state index in [0.717, 1.165) is 34.1 Å². The number of nitrogens with one attached hydrogen (secondary N) is 1. The number of anilines is 2. The fraction of sp³-hybridized carbons (Fsp3) is 0.190. The van der Waals surface area contributed by atoms with E-state index in [1.807, 2.05) is 26.0 Å². The van der Waals surface area contributed by atoms with E-state index in [9.17, 15) is 0 Å². The molecule has 0 bridgehead atoms. The molecule has 0 aliphatic carbocycles. The second-order valence-corrected chi connectivity index (χ2v) is 6.63. The molecule has 0 atom stereocenters. The third-order valence-electron chi connectivity index (χ3n) is 4.45. The predicted octanol–water partition coefficient (Wildman–Crippen LogP) is 4.79. The van der Waals surface area contributed by atoms with Gasteiger partial charge in [-0.05, 0) is 52.0 Å². The third kappa shape index (κ3) is 2.92. The molecule has 0 spiro atoms. The van der Waals surface area contributed by atoms with Gasteiger partial charge in [-0.15, -0.1) is 0 Å². The van der Waals surface area contributed by atoms with Gasteiger partial charge in [0, 0.05) is 11.4 Å². The molecule has 0 unspecified atom stereocenters. The van der Waals surface area contributed by atoms with Gasteiger partial charge in [0.2, 0.25) is 5.95 Å². The van der Waals surface area contributed by atoms with E-state index in [0.29, 0.717) is 5.95 Å². The smallest absolute Gasteiger partial charge is 0.229 e. The van der Waals surface area contributed by atoms with Crippen LogP contribution < -0.4 is 5.32 Å². The minimum Gasteiger partial charge on any atom is -0.324 e. The van der Waals surface area contributed by atoms with E-state index in [1.165, 1.54) is 11.1 Å². The van der Waals surface area contributed by atoms with Crippen molar-refractivity contribution in [2.75, 3.05) is 5.32 Å². The lowest BCUT2D eigenvalue weighted by Gasteiger charge is -2.09. The molecule has 2 aromatic heterocycles. The quantitative estimate of drug-likeness (QED) is 0.581. The van der Waals surface area contributed by atoms with Gasteiger partial charge in [0.05, 0.1) is 5.69 Å². The predicted molar refractivity (Wildman–Crippen MR) is 105 cm³/mol. The summed E-state index contributed by atoms with van der Waals surface area (Å²) in [5, 5.41) is 3.30. The molecule has 0 radical (unpaired) electrons. The summed E-state index contributed by atoms with van der Waals surface area (Å²) in [5.41, 5.74) is 6.96. The maximum atomic E-state index is 4.75. The monoisotopic (exact) mass is 343 g/mol. The standard InChI is InChI=1S/C21H21N5/c1-13-5-9-17(10-6-13)24-21-22-15(3)19-20(25-21)26(16(4)23-19)18-11-7-14(2)8-12-18/h5-12H,1-4H3,(H,22,24,25). The summed E-state index contributed by atoms with van der Waals surface area (Å²) in [6.07, 6.45) is 0. The van der Waals surface area contributed by atoms with Crippen LogP contribution in [0, 0.1) is 27.7 Å². The maximum absolute atomic E-state index is 4.75. The number of benzene rings is 2. The molecule has 4 aromatic rings. The molecule has 5 heteroatoms. The van der Waals surface area contributed by atoms with Crippen molar-refractivity contribution >= 4 is 22.8 Å². The van der Waals surface area contributed by atoms with Crippen LogP contribution in [0.3, 0.4) is 0 Å². The lowest BCUT2D eigenvalue weighted by Crippen LogP contribution is -2.03. The number of hydrogen-bond donors (Lipinski definition) is 1. The Labute approximate surface area is 152 Å². The number of rotatable bonds is 3. The minimum absolute atomic E-state index is 0.576. The largest absolute Gasteiger partial charge is 0.324 e. The highest BCUT2D eigenvalue weighted by atomic mass is 15.2. The average Bonchev–Trinajstić information content (AvgIpc) is 2.95. The van der Waals surface area contributed by atoms with Crippen LogP contribution in [-0.2, 0) is 0 Å². The third-order valence-corrected chi connectivity index (χ3v) is 4.45. The van der Waals surface area contributed by atoms with Crippen molar-refractivity contribution in [1.82, 2.24) is 19.5 Å². The molecular formula is C21H21N5. The molecule has 26 heavy (non-hydrogen) atoms. The number of aromatic nitrogens is 4. The zero-order chi connectivity index (χ0) is 18.3. The number of hydrogen-bond acceptors (Lipinski definition) is 4. The molecule has 0 saturated carbocycles. The number of nitrogens with zero attached hydrogens (tertiary/aromatic N) is 4. The highest BCUT2D eigenvalue weighted by Gasteiger charge is 2.15. The van der Waals surface area contributed by atoms with Crippen molar-refractivity contribution in [3.8, 4) is 5.69 Å². The molecule has 0 saturated heterocycles. The fourth-order valence-electron chi connectivity index (χ4n) is 3.03. The van der Waals surface area contributed by atoms with Gasteiger partial charge in [0.1, 0.15) is 11.3 Å². The summed E-state index contributed by atoms with van der Waals surface area (Å²) in [5.74, 6) is 1.47. The van der Waals surface area contributed by atoms with E-state index >= 15 is 0 Å². The van der Waals surface area contributed by atoms with Crippen molar-refractivity contribution in [3.05, 3.63) is 71.2 Å².